The van der Waals surface area contributed by atoms with Crippen molar-refractivity contribution in [3.05, 3.63) is 52.7 Å². The molecule has 0 unspecified atom stereocenters. The van der Waals surface area contributed by atoms with Crippen LogP contribution in [0.1, 0.15) is 30.7 Å². The Hall–Kier alpha value is -3.07. The molecule has 0 radical (unpaired) electrons. The zero-order valence-electron chi connectivity index (χ0n) is 14.6. The second kappa shape index (κ2) is 7.67. The molecule has 1 aromatic carbocycles. The summed E-state index contributed by atoms with van der Waals surface area (Å²) in [4.78, 5) is 33.0. The fourth-order valence-corrected chi connectivity index (χ4v) is 3.02. The highest BCUT2D eigenvalue weighted by atomic mass is 16.5. The molecule has 0 aliphatic carbocycles. The van der Waals surface area contributed by atoms with Crippen LogP contribution in [0.25, 0.3) is 10.9 Å². The SMILES string of the molecule is O=C(Cn1cnc2ccccc2c1=O)NCCc1noc([C@@H]2CCCO2)n1. The molecule has 27 heavy (non-hydrogen) atoms. The molecule has 0 spiro atoms. The van der Waals surface area contributed by atoms with Gasteiger partial charge in [0.2, 0.25) is 5.91 Å². The molecule has 1 aliphatic rings. The topological polar surface area (TPSA) is 112 Å². The number of fused-ring (bicyclic) bond motifs is 1. The fraction of sp³-hybridized carbons (Fsp3) is 0.389. The molecule has 0 saturated carbocycles. The number of nitrogens with one attached hydrogen (secondary N) is 1. The molecule has 2 aromatic heterocycles. The third-order valence-corrected chi connectivity index (χ3v) is 4.41. The van der Waals surface area contributed by atoms with Crippen LogP contribution in [0.3, 0.4) is 0 Å². The summed E-state index contributed by atoms with van der Waals surface area (Å²) in [5.74, 6) is 0.727. The van der Waals surface area contributed by atoms with E-state index >= 15 is 0 Å². The van der Waals surface area contributed by atoms with Crippen LogP contribution in [0.5, 0.6) is 0 Å². The summed E-state index contributed by atoms with van der Waals surface area (Å²) >= 11 is 0. The third kappa shape index (κ3) is 3.87. The molecule has 3 heterocycles. The van der Waals surface area contributed by atoms with Crippen molar-refractivity contribution in [2.75, 3.05) is 13.2 Å². The van der Waals surface area contributed by atoms with Crippen LogP contribution in [0.15, 0.2) is 39.9 Å². The zero-order chi connectivity index (χ0) is 18.6. The molecule has 1 aliphatic heterocycles. The van der Waals surface area contributed by atoms with E-state index in [1.807, 2.05) is 6.07 Å². The van der Waals surface area contributed by atoms with Crippen LogP contribution < -0.4 is 10.9 Å². The van der Waals surface area contributed by atoms with Gasteiger partial charge in [0, 0.05) is 19.6 Å². The normalized spacial score (nSPS) is 16.7. The monoisotopic (exact) mass is 369 g/mol. The maximum atomic E-state index is 12.4. The Kier molecular flexibility index (Phi) is 4.93. The average Bonchev–Trinajstić information content (AvgIpc) is 3.36. The molecule has 4 rings (SSSR count). The Morgan fingerprint density at radius 3 is 3.07 bits per heavy atom. The van der Waals surface area contributed by atoms with Crippen LogP contribution in [-0.2, 0) is 22.5 Å². The summed E-state index contributed by atoms with van der Waals surface area (Å²) < 4.78 is 12.0. The van der Waals surface area contributed by atoms with Crippen molar-refractivity contribution in [1.82, 2.24) is 25.0 Å². The van der Waals surface area contributed by atoms with Crippen molar-refractivity contribution >= 4 is 16.8 Å². The van der Waals surface area contributed by atoms with Crippen LogP contribution >= 0.6 is 0 Å². The van der Waals surface area contributed by atoms with E-state index in [4.69, 9.17) is 9.26 Å². The number of carbonyl (C=O) groups excluding carboxylic acids is 1. The molecule has 140 valence electrons. The van der Waals surface area contributed by atoms with Gasteiger partial charge >= 0.3 is 0 Å². The molecular weight excluding hydrogens is 350 g/mol. The molecular formula is C18H19N5O4. The van der Waals surface area contributed by atoms with Crippen molar-refractivity contribution in [2.24, 2.45) is 0 Å². The summed E-state index contributed by atoms with van der Waals surface area (Å²) in [5, 5.41) is 7.15. The van der Waals surface area contributed by atoms with Crippen molar-refractivity contribution in [3.63, 3.8) is 0 Å². The minimum atomic E-state index is -0.281. The lowest BCUT2D eigenvalue weighted by molar-refractivity contribution is -0.121. The van der Waals surface area contributed by atoms with Crippen molar-refractivity contribution < 1.29 is 14.1 Å². The van der Waals surface area contributed by atoms with E-state index in [0.717, 1.165) is 12.8 Å². The number of hydrogen-bond donors (Lipinski definition) is 1. The van der Waals surface area contributed by atoms with Crippen molar-refractivity contribution in [3.8, 4) is 0 Å². The number of aromatic nitrogens is 4. The van der Waals surface area contributed by atoms with Gasteiger partial charge in [0.25, 0.3) is 11.4 Å². The zero-order valence-corrected chi connectivity index (χ0v) is 14.6. The summed E-state index contributed by atoms with van der Waals surface area (Å²) in [6.45, 7) is 0.963. The van der Waals surface area contributed by atoms with Gasteiger partial charge in [-0.2, -0.15) is 4.98 Å². The summed E-state index contributed by atoms with van der Waals surface area (Å²) in [5.41, 5.74) is 0.369. The highest BCUT2D eigenvalue weighted by molar-refractivity contribution is 5.78. The highest BCUT2D eigenvalue weighted by Crippen LogP contribution is 2.26. The third-order valence-electron chi connectivity index (χ3n) is 4.41. The molecule has 3 aromatic rings. The standard InChI is InChI=1S/C18H19N5O4/c24-16(10-23-11-20-13-5-2-1-4-12(13)18(23)25)19-8-7-15-21-17(27-22-15)14-6-3-9-26-14/h1-2,4-5,11,14H,3,6-10H2,(H,19,24)/t14-/m0/s1. The largest absolute Gasteiger partial charge is 0.368 e. The van der Waals surface area contributed by atoms with Crippen LogP contribution in [-0.4, -0.2) is 38.8 Å². The lowest BCUT2D eigenvalue weighted by Crippen LogP contribution is -2.33. The smallest absolute Gasteiger partial charge is 0.261 e. The van der Waals surface area contributed by atoms with Crippen LogP contribution in [0.2, 0.25) is 0 Å². The fourth-order valence-electron chi connectivity index (χ4n) is 3.02. The molecule has 1 amide bonds. The van der Waals surface area contributed by atoms with Gasteiger partial charge in [-0.15, -0.1) is 0 Å². The Morgan fingerprint density at radius 2 is 2.22 bits per heavy atom. The second-order valence-corrected chi connectivity index (χ2v) is 6.35. The number of para-hydroxylation sites is 1. The highest BCUT2D eigenvalue weighted by Gasteiger charge is 2.23. The lowest BCUT2D eigenvalue weighted by Gasteiger charge is -2.07. The first-order valence-corrected chi connectivity index (χ1v) is 8.85. The van der Waals surface area contributed by atoms with Gasteiger partial charge < -0.3 is 14.6 Å². The average molecular weight is 369 g/mol. The van der Waals surface area contributed by atoms with Gasteiger partial charge in [-0.1, -0.05) is 17.3 Å². The first-order valence-electron chi connectivity index (χ1n) is 8.85. The van der Waals surface area contributed by atoms with Crippen molar-refractivity contribution in [1.29, 1.82) is 0 Å². The predicted octanol–water partition coefficient (Wildman–Crippen LogP) is 0.990. The lowest BCUT2D eigenvalue weighted by atomic mass is 10.2. The molecule has 1 N–H and O–H groups in total. The molecule has 9 heteroatoms. The number of rotatable bonds is 6. The first kappa shape index (κ1) is 17.3. The number of ether oxygens (including phenoxy) is 1. The quantitative estimate of drug-likeness (QED) is 0.689. The van der Waals surface area contributed by atoms with Gasteiger partial charge in [0.15, 0.2) is 5.82 Å². The van der Waals surface area contributed by atoms with Crippen LogP contribution in [0, 0.1) is 0 Å². The predicted molar refractivity (Wildman–Crippen MR) is 94.9 cm³/mol. The molecule has 1 saturated heterocycles. The van der Waals surface area contributed by atoms with Crippen LogP contribution in [0.4, 0.5) is 0 Å². The molecule has 1 fully saturated rings. The van der Waals surface area contributed by atoms with E-state index < -0.39 is 0 Å². The summed E-state index contributed by atoms with van der Waals surface area (Å²) in [6.07, 6.45) is 3.58. The second-order valence-electron chi connectivity index (χ2n) is 6.35. The van der Waals surface area contributed by atoms with Gasteiger partial charge in [-0.05, 0) is 25.0 Å². The Bertz CT molecular complexity index is 1010. The molecule has 0 bridgehead atoms. The number of hydrogen-bond acceptors (Lipinski definition) is 7. The van der Waals surface area contributed by atoms with E-state index in [1.54, 1.807) is 18.2 Å². The number of nitrogens with zero attached hydrogens (tertiary/aromatic N) is 4. The Balaban J connectivity index is 1.31. The van der Waals surface area contributed by atoms with E-state index in [2.05, 4.69) is 20.4 Å². The number of carbonyl (C=O) groups is 1. The minimum Gasteiger partial charge on any atom is -0.368 e. The summed E-state index contributed by atoms with van der Waals surface area (Å²) in [7, 11) is 0. The maximum absolute atomic E-state index is 12.4. The van der Waals surface area contributed by atoms with Crippen molar-refractivity contribution in [2.45, 2.75) is 31.9 Å². The van der Waals surface area contributed by atoms with Gasteiger partial charge in [0.05, 0.1) is 17.2 Å². The van der Waals surface area contributed by atoms with E-state index in [-0.39, 0.29) is 24.1 Å². The molecule has 9 nitrogen and oxygen atoms in total. The number of benzene rings is 1. The minimum absolute atomic E-state index is 0.0932. The summed E-state index contributed by atoms with van der Waals surface area (Å²) in [6, 6.07) is 7.04. The number of amides is 1. The maximum Gasteiger partial charge on any atom is 0.261 e. The van der Waals surface area contributed by atoms with Gasteiger partial charge in [-0.25, -0.2) is 4.98 Å². The first-order chi connectivity index (χ1) is 13.2. The Morgan fingerprint density at radius 1 is 1.33 bits per heavy atom. The Labute approximate surface area is 154 Å². The van der Waals surface area contributed by atoms with Gasteiger partial charge in [-0.3, -0.25) is 14.2 Å². The van der Waals surface area contributed by atoms with E-state index in [9.17, 15) is 9.59 Å². The van der Waals surface area contributed by atoms with E-state index in [0.29, 0.717) is 42.2 Å². The van der Waals surface area contributed by atoms with Gasteiger partial charge in [0.1, 0.15) is 12.6 Å². The van der Waals surface area contributed by atoms with E-state index in [1.165, 1.54) is 10.9 Å². The molecule has 1 atom stereocenters.